The minimum atomic E-state index is -0.784. The average Bonchev–Trinajstić information content (AvgIpc) is 2.41. The standard InChI is InChI=1S/C12H13FN2O2/c1-12(2)6-10(16)15(11(12)17)9-5-7(14)3-4-8(9)13/h3-5H,6,14H2,1-2H3. The molecule has 17 heavy (non-hydrogen) atoms. The minimum Gasteiger partial charge on any atom is -0.399 e. The number of anilines is 2. The van der Waals surface area contributed by atoms with Crippen LogP contribution < -0.4 is 10.6 Å². The summed E-state index contributed by atoms with van der Waals surface area (Å²) in [6.07, 6.45) is 0.0834. The van der Waals surface area contributed by atoms with Gasteiger partial charge in [-0.3, -0.25) is 9.59 Å². The normalized spacial score (nSPS) is 18.9. The molecule has 1 aliphatic heterocycles. The average molecular weight is 236 g/mol. The highest BCUT2D eigenvalue weighted by Gasteiger charge is 2.46. The van der Waals surface area contributed by atoms with Crippen molar-refractivity contribution >= 4 is 23.2 Å². The van der Waals surface area contributed by atoms with Crippen LogP contribution in [0.5, 0.6) is 0 Å². The van der Waals surface area contributed by atoms with Gasteiger partial charge in [0.25, 0.3) is 0 Å². The number of nitrogen functional groups attached to an aromatic ring is 1. The third-order valence-electron chi connectivity index (χ3n) is 2.84. The highest BCUT2D eigenvalue weighted by atomic mass is 19.1. The molecule has 0 aliphatic carbocycles. The summed E-state index contributed by atoms with van der Waals surface area (Å²) in [6.45, 7) is 3.33. The molecule has 1 heterocycles. The van der Waals surface area contributed by atoms with E-state index < -0.39 is 23.0 Å². The van der Waals surface area contributed by atoms with E-state index in [1.807, 2.05) is 0 Å². The summed E-state index contributed by atoms with van der Waals surface area (Å²) < 4.78 is 13.6. The van der Waals surface area contributed by atoms with Gasteiger partial charge in [-0.25, -0.2) is 9.29 Å². The number of benzene rings is 1. The summed E-state index contributed by atoms with van der Waals surface area (Å²) in [7, 11) is 0. The molecule has 0 spiro atoms. The summed E-state index contributed by atoms with van der Waals surface area (Å²) in [4.78, 5) is 24.6. The lowest BCUT2D eigenvalue weighted by atomic mass is 9.92. The molecule has 0 bridgehead atoms. The number of imide groups is 1. The van der Waals surface area contributed by atoms with Crippen molar-refractivity contribution in [3.63, 3.8) is 0 Å². The lowest BCUT2D eigenvalue weighted by Crippen LogP contribution is -2.33. The number of amides is 2. The summed E-state index contributed by atoms with van der Waals surface area (Å²) in [5.41, 5.74) is 5.00. The van der Waals surface area contributed by atoms with Crippen LogP contribution in [0.1, 0.15) is 20.3 Å². The van der Waals surface area contributed by atoms with Crippen molar-refractivity contribution in [2.45, 2.75) is 20.3 Å². The highest BCUT2D eigenvalue weighted by molar-refractivity contribution is 6.22. The lowest BCUT2D eigenvalue weighted by molar-refractivity contribution is -0.124. The Bertz CT molecular complexity index is 511. The molecule has 90 valence electrons. The molecule has 2 N–H and O–H groups in total. The fraction of sp³-hybridized carbons (Fsp3) is 0.333. The fourth-order valence-electron chi connectivity index (χ4n) is 1.89. The predicted octanol–water partition coefficient (Wildman–Crippen LogP) is 1.70. The Balaban J connectivity index is 2.51. The number of hydrogen-bond acceptors (Lipinski definition) is 3. The first-order chi connectivity index (χ1) is 7.83. The van der Waals surface area contributed by atoms with Crippen LogP contribution >= 0.6 is 0 Å². The van der Waals surface area contributed by atoms with Crippen LogP contribution in [0.4, 0.5) is 15.8 Å². The maximum Gasteiger partial charge on any atom is 0.240 e. The van der Waals surface area contributed by atoms with E-state index >= 15 is 0 Å². The van der Waals surface area contributed by atoms with Crippen molar-refractivity contribution in [3.05, 3.63) is 24.0 Å². The smallest absolute Gasteiger partial charge is 0.240 e. The molecule has 1 aromatic carbocycles. The summed E-state index contributed by atoms with van der Waals surface area (Å²) in [5.74, 6) is -1.42. The number of halogens is 1. The lowest BCUT2D eigenvalue weighted by Gasteiger charge is -2.18. The Morgan fingerprint density at radius 3 is 2.53 bits per heavy atom. The van der Waals surface area contributed by atoms with Crippen molar-refractivity contribution in [2.75, 3.05) is 10.6 Å². The quantitative estimate of drug-likeness (QED) is 0.596. The number of rotatable bonds is 1. The van der Waals surface area contributed by atoms with Gasteiger partial charge in [-0.15, -0.1) is 0 Å². The second-order valence-corrected chi connectivity index (χ2v) is 4.81. The zero-order valence-corrected chi connectivity index (χ0v) is 9.66. The van der Waals surface area contributed by atoms with E-state index in [0.717, 1.165) is 11.0 Å². The van der Waals surface area contributed by atoms with Gasteiger partial charge in [-0.1, -0.05) is 13.8 Å². The van der Waals surface area contributed by atoms with E-state index in [4.69, 9.17) is 5.73 Å². The molecule has 0 saturated carbocycles. The van der Waals surface area contributed by atoms with Crippen molar-refractivity contribution < 1.29 is 14.0 Å². The third kappa shape index (κ3) is 1.77. The van der Waals surface area contributed by atoms with E-state index in [1.165, 1.54) is 12.1 Å². The number of carbonyl (C=O) groups is 2. The zero-order chi connectivity index (χ0) is 12.8. The van der Waals surface area contributed by atoms with Gasteiger partial charge in [0.05, 0.1) is 11.1 Å². The van der Waals surface area contributed by atoms with E-state index in [2.05, 4.69) is 0 Å². The third-order valence-corrected chi connectivity index (χ3v) is 2.84. The van der Waals surface area contributed by atoms with Crippen LogP contribution in [-0.4, -0.2) is 11.8 Å². The van der Waals surface area contributed by atoms with Gasteiger partial charge >= 0.3 is 0 Å². The summed E-state index contributed by atoms with van der Waals surface area (Å²) in [5, 5.41) is 0. The van der Waals surface area contributed by atoms with Gasteiger partial charge in [0, 0.05) is 12.1 Å². The zero-order valence-electron chi connectivity index (χ0n) is 9.66. The molecular formula is C12H13FN2O2. The van der Waals surface area contributed by atoms with Crippen molar-refractivity contribution in [1.82, 2.24) is 0 Å². The second-order valence-electron chi connectivity index (χ2n) is 4.81. The van der Waals surface area contributed by atoms with Crippen LogP contribution in [0.25, 0.3) is 0 Å². The first kappa shape index (κ1) is 11.6. The molecule has 1 aliphatic rings. The topological polar surface area (TPSA) is 63.4 Å². The Hall–Kier alpha value is -1.91. The molecule has 1 fully saturated rings. The van der Waals surface area contributed by atoms with Gasteiger partial charge in [0.15, 0.2) is 0 Å². The Kier molecular flexibility index (Phi) is 2.41. The predicted molar refractivity (Wildman–Crippen MR) is 61.7 cm³/mol. The molecule has 0 unspecified atom stereocenters. The molecule has 1 aromatic rings. The number of carbonyl (C=O) groups excluding carboxylic acids is 2. The van der Waals surface area contributed by atoms with Gasteiger partial charge in [-0.2, -0.15) is 0 Å². The van der Waals surface area contributed by atoms with E-state index in [-0.39, 0.29) is 12.1 Å². The molecule has 4 nitrogen and oxygen atoms in total. The second kappa shape index (κ2) is 3.55. The first-order valence-electron chi connectivity index (χ1n) is 5.25. The van der Waals surface area contributed by atoms with Crippen LogP contribution in [0, 0.1) is 11.2 Å². The molecule has 2 amide bonds. The summed E-state index contributed by atoms with van der Waals surface area (Å²) in [6, 6.07) is 3.83. The van der Waals surface area contributed by atoms with Gasteiger partial charge in [0.2, 0.25) is 11.8 Å². The Morgan fingerprint density at radius 1 is 1.35 bits per heavy atom. The molecule has 0 atom stereocenters. The van der Waals surface area contributed by atoms with Crippen LogP contribution in [0.15, 0.2) is 18.2 Å². The number of nitrogens with two attached hydrogens (primary N) is 1. The molecule has 0 aromatic heterocycles. The molecular weight excluding hydrogens is 223 g/mol. The van der Waals surface area contributed by atoms with Crippen LogP contribution in [-0.2, 0) is 9.59 Å². The van der Waals surface area contributed by atoms with Gasteiger partial charge in [-0.05, 0) is 18.2 Å². The number of nitrogens with zero attached hydrogens (tertiary/aromatic N) is 1. The van der Waals surface area contributed by atoms with Crippen molar-refractivity contribution in [1.29, 1.82) is 0 Å². The molecule has 1 saturated heterocycles. The maximum absolute atomic E-state index is 13.6. The fourth-order valence-corrected chi connectivity index (χ4v) is 1.89. The SMILES string of the molecule is CC1(C)CC(=O)N(c2cc(N)ccc2F)C1=O. The molecule has 0 radical (unpaired) electrons. The Labute approximate surface area is 98.2 Å². The van der Waals surface area contributed by atoms with Crippen LogP contribution in [0.2, 0.25) is 0 Å². The van der Waals surface area contributed by atoms with Crippen molar-refractivity contribution in [2.24, 2.45) is 5.41 Å². The van der Waals surface area contributed by atoms with E-state index in [9.17, 15) is 14.0 Å². The van der Waals surface area contributed by atoms with Crippen molar-refractivity contribution in [3.8, 4) is 0 Å². The minimum absolute atomic E-state index is 0.0643. The van der Waals surface area contributed by atoms with Gasteiger partial charge in [0.1, 0.15) is 5.82 Å². The van der Waals surface area contributed by atoms with Crippen LogP contribution in [0.3, 0.4) is 0 Å². The first-order valence-corrected chi connectivity index (χ1v) is 5.25. The maximum atomic E-state index is 13.6. The Morgan fingerprint density at radius 2 is 2.00 bits per heavy atom. The van der Waals surface area contributed by atoms with E-state index in [1.54, 1.807) is 13.8 Å². The summed E-state index contributed by atoms with van der Waals surface area (Å²) >= 11 is 0. The number of hydrogen-bond donors (Lipinski definition) is 1. The molecule has 2 rings (SSSR count). The molecule has 5 heteroatoms. The monoisotopic (exact) mass is 236 g/mol. The highest BCUT2D eigenvalue weighted by Crippen LogP contribution is 2.36. The van der Waals surface area contributed by atoms with Gasteiger partial charge < -0.3 is 5.73 Å². The largest absolute Gasteiger partial charge is 0.399 e. The van der Waals surface area contributed by atoms with E-state index in [0.29, 0.717) is 5.69 Å².